The molecule has 0 unspecified atom stereocenters. The highest BCUT2D eigenvalue weighted by Gasteiger charge is 2.31. The van der Waals surface area contributed by atoms with Crippen LogP contribution in [0.2, 0.25) is 0 Å². The van der Waals surface area contributed by atoms with Crippen LogP contribution in [0.15, 0.2) is 71.8 Å². The number of aromatic nitrogens is 2. The van der Waals surface area contributed by atoms with Gasteiger partial charge in [0.05, 0.1) is 10.5 Å². The second kappa shape index (κ2) is 12.1. The predicted octanol–water partition coefficient (Wildman–Crippen LogP) is 5.05. The topological polar surface area (TPSA) is 168 Å². The molecule has 0 aliphatic rings. The number of hydrogen-bond donors (Lipinski definition) is 5. The smallest absolute Gasteiger partial charge is 0.372 e. The standard InChI is InChI=1S/C28H26F3N7O4S/c1-15-7-9-19(35-25(39)17-5-4-6-18(11-17)28(29,30)31)12-22(15)37-26(40)21-14-34-27(38-24(21)33-3)36-20-10-8-16(2)23(13-20)43(32,41)42/h4-14H,1-3H3,(H,35,39)(H,37,40)(H2,32,41,42)(H2,33,34,36,38). The summed E-state index contributed by atoms with van der Waals surface area (Å²) >= 11 is 0. The monoisotopic (exact) mass is 613 g/mol. The number of carbonyl (C=O) groups excluding carboxylic acids is 2. The average molecular weight is 614 g/mol. The van der Waals surface area contributed by atoms with E-state index in [2.05, 4.69) is 31.2 Å². The lowest BCUT2D eigenvalue weighted by atomic mass is 10.1. The number of rotatable bonds is 8. The molecule has 0 saturated heterocycles. The molecule has 4 rings (SSSR count). The third kappa shape index (κ3) is 7.44. The first-order valence-corrected chi connectivity index (χ1v) is 14.1. The van der Waals surface area contributed by atoms with Gasteiger partial charge >= 0.3 is 6.18 Å². The van der Waals surface area contributed by atoms with E-state index >= 15 is 0 Å². The van der Waals surface area contributed by atoms with Crippen molar-refractivity contribution < 1.29 is 31.2 Å². The van der Waals surface area contributed by atoms with Crippen molar-refractivity contribution in [3.63, 3.8) is 0 Å². The molecule has 0 saturated carbocycles. The van der Waals surface area contributed by atoms with E-state index in [0.29, 0.717) is 22.5 Å². The number of primary sulfonamides is 1. The van der Waals surface area contributed by atoms with Gasteiger partial charge in [0.1, 0.15) is 11.4 Å². The summed E-state index contributed by atoms with van der Waals surface area (Å²) < 4.78 is 62.8. The number of sulfonamides is 1. The van der Waals surface area contributed by atoms with Gasteiger partial charge in [-0.2, -0.15) is 18.2 Å². The molecule has 3 aromatic carbocycles. The number of alkyl halides is 3. The molecule has 1 heterocycles. The third-order valence-corrected chi connectivity index (χ3v) is 7.27. The summed E-state index contributed by atoms with van der Waals surface area (Å²) in [6.45, 7) is 3.32. The lowest BCUT2D eigenvalue weighted by Gasteiger charge is -2.14. The molecule has 224 valence electrons. The van der Waals surface area contributed by atoms with Crippen LogP contribution in [-0.4, -0.2) is 37.2 Å². The molecule has 1 aromatic heterocycles. The summed E-state index contributed by atoms with van der Waals surface area (Å²) in [6.07, 6.45) is -3.33. The van der Waals surface area contributed by atoms with E-state index in [1.165, 1.54) is 24.4 Å². The lowest BCUT2D eigenvalue weighted by Crippen LogP contribution is -2.17. The highest BCUT2D eigenvalue weighted by Crippen LogP contribution is 2.30. The van der Waals surface area contributed by atoms with Crippen molar-refractivity contribution in [3.05, 3.63) is 94.7 Å². The Morgan fingerprint density at radius 3 is 2.26 bits per heavy atom. The van der Waals surface area contributed by atoms with Crippen LogP contribution in [0.1, 0.15) is 37.4 Å². The summed E-state index contributed by atoms with van der Waals surface area (Å²) in [4.78, 5) is 34.2. The molecule has 43 heavy (non-hydrogen) atoms. The molecular weight excluding hydrogens is 587 g/mol. The summed E-state index contributed by atoms with van der Waals surface area (Å²) in [5.74, 6) is -1.13. The molecule has 15 heteroatoms. The van der Waals surface area contributed by atoms with Crippen molar-refractivity contribution in [1.82, 2.24) is 9.97 Å². The van der Waals surface area contributed by atoms with Crippen LogP contribution in [-0.2, 0) is 16.2 Å². The Hall–Kier alpha value is -5.02. The highest BCUT2D eigenvalue weighted by atomic mass is 32.2. The number of hydrogen-bond acceptors (Lipinski definition) is 8. The number of nitrogens with two attached hydrogens (primary N) is 1. The van der Waals surface area contributed by atoms with E-state index in [-0.39, 0.29) is 33.5 Å². The minimum absolute atomic E-state index is 0.0639. The van der Waals surface area contributed by atoms with Crippen LogP contribution >= 0.6 is 0 Å². The molecule has 0 atom stereocenters. The molecule has 0 bridgehead atoms. The van der Waals surface area contributed by atoms with Gasteiger partial charge in [0.25, 0.3) is 11.8 Å². The number of nitrogens with zero attached hydrogens (tertiary/aromatic N) is 2. The Morgan fingerprint density at radius 1 is 0.884 bits per heavy atom. The first-order chi connectivity index (χ1) is 20.2. The second-order valence-corrected chi connectivity index (χ2v) is 10.9. The van der Waals surface area contributed by atoms with Crippen molar-refractivity contribution in [1.29, 1.82) is 0 Å². The van der Waals surface area contributed by atoms with Crippen LogP contribution in [0.5, 0.6) is 0 Å². The summed E-state index contributed by atoms with van der Waals surface area (Å²) in [6, 6.07) is 13.2. The van der Waals surface area contributed by atoms with Gasteiger partial charge in [-0.05, 0) is 67.4 Å². The first kappa shape index (κ1) is 30.9. The Labute approximate surface area is 244 Å². The fraction of sp³-hybridized carbons (Fsp3) is 0.143. The number of amides is 2. The van der Waals surface area contributed by atoms with Gasteiger partial charge in [-0.1, -0.05) is 18.2 Å². The van der Waals surface area contributed by atoms with Gasteiger partial charge in [0.2, 0.25) is 16.0 Å². The van der Waals surface area contributed by atoms with Gasteiger partial charge in [-0.15, -0.1) is 0 Å². The maximum absolute atomic E-state index is 13.2. The van der Waals surface area contributed by atoms with Crippen molar-refractivity contribution in [2.24, 2.45) is 5.14 Å². The fourth-order valence-electron chi connectivity index (χ4n) is 3.98. The van der Waals surface area contributed by atoms with Crippen molar-refractivity contribution in [2.75, 3.05) is 28.3 Å². The quantitative estimate of drug-likeness (QED) is 0.184. The van der Waals surface area contributed by atoms with E-state index in [4.69, 9.17) is 5.14 Å². The number of aryl methyl sites for hydroxylation is 2. The normalized spacial score (nSPS) is 11.5. The van der Waals surface area contributed by atoms with E-state index in [9.17, 15) is 31.2 Å². The van der Waals surface area contributed by atoms with Crippen molar-refractivity contribution >= 4 is 50.7 Å². The first-order valence-electron chi connectivity index (χ1n) is 12.5. The number of carbonyl (C=O) groups is 2. The van der Waals surface area contributed by atoms with Crippen LogP contribution < -0.4 is 26.4 Å². The lowest BCUT2D eigenvalue weighted by molar-refractivity contribution is -0.137. The SMILES string of the molecule is CNc1nc(Nc2ccc(C)c(S(N)(=O)=O)c2)ncc1C(=O)Nc1cc(NC(=O)c2cccc(C(F)(F)F)c2)ccc1C. The Bertz CT molecular complexity index is 1830. The van der Waals surface area contributed by atoms with Gasteiger partial charge in [0.15, 0.2) is 0 Å². The Balaban J connectivity index is 1.51. The van der Waals surface area contributed by atoms with Gasteiger partial charge in [-0.25, -0.2) is 18.5 Å². The molecule has 2 amide bonds. The molecule has 11 nitrogen and oxygen atoms in total. The van der Waals surface area contributed by atoms with E-state index in [1.54, 1.807) is 45.2 Å². The number of benzene rings is 3. The van der Waals surface area contributed by atoms with Crippen LogP contribution in [0.25, 0.3) is 0 Å². The largest absolute Gasteiger partial charge is 0.416 e. The zero-order valence-corrected chi connectivity index (χ0v) is 23.8. The van der Waals surface area contributed by atoms with E-state index < -0.39 is 33.6 Å². The van der Waals surface area contributed by atoms with Crippen molar-refractivity contribution in [2.45, 2.75) is 24.9 Å². The number of anilines is 5. The highest BCUT2D eigenvalue weighted by molar-refractivity contribution is 7.89. The maximum atomic E-state index is 13.2. The number of nitrogens with one attached hydrogen (secondary N) is 4. The second-order valence-electron chi connectivity index (χ2n) is 9.37. The molecule has 0 aliphatic carbocycles. The molecule has 0 spiro atoms. The summed E-state index contributed by atoms with van der Waals surface area (Å²) in [7, 11) is -2.41. The number of halogens is 3. The maximum Gasteiger partial charge on any atom is 0.416 e. The zero-order valence-electron chi connectivity index (χ0n) is 23.0. The predicted molar refractivity (Wildman–Crippen MR) is 156 cm³/mol. The minimum atomic E-state index is -4.60. The van der Waals surface area contributed by atoms with Crippen LogP contribution in [0, 0.1) is 13.8 Å². The fourth-order valence-corrected chi connectivity index (χ4v) is 4.78. The van der Waals surface area contributed by atoms with E-state index in [0.717, 1.165) is 18.2 Å². The Morgan fingerprint density at radius 2 is 1.58 bits per heavy atom. The molecule has 0 radical (unpaired) electrons. The molecule has 6 N–H and O–H groups in total. The van der Waals surface area contributed by atoms with Crippen LogP contribution in [0.3, 0.4) is 0 Å². The minimum Gasteiger partial charge on any atom is -0.372 e. The molecule has 0 fully saturated rings. The molecular formula is C28H26F3N7O4S. The summed E-state index contributed by atoms with van der Waals surface area (Å²) in [5, 5.41) is 16.2. The Kier molecular flexibility index (Phi) is 8.68. The third-order valence-electron chi connectivity index (χ3n) is 6.22. The van der Waals surface area contributed by atoms with Gasteiger partial charge < -0.3 is 21.3 Å². The van der Waals surface area contributed by atoms with Gasteiger partial charge in [-0.3, -0.25) is 9.59 Å². The van der Waals surface area contributed by atoms with Crippen LogP contribution in [0.4, 0.5) is 42.0 Å². The summed E-state index contributed by atoms with van der Waals surface area (Å²) in [5.41, 5.74) is 0.960. The molecule has 4 aromatic rings. The molecule has 0 aliphatic heterocycles. The van der Waals surface area contributed by atoms with Gasteiger partial charge in [0, 0.05) is 35.9 Å². The van der Waals surface area contributed by atoms with E-state index in [1.807, 2.05) is 0 Å². The zero-order chi connectivity index (χ0) is 31.5. The van der Waals surface area contributed by atoms with Crippen molar-refractivity contribution in [3.8, 4) is 0 Å². The average Bonchev–Trinajstić information content (AvgIpc) is 2.94.